The second-order valence-electron chi connectivity index (χ2n) is 1.30. The maximum absolute atomic E-state index is 9.43. The number of hydrogen-bond donors (Lipinski definition) is 4. The largest absolute Gasteiger partial charge is 0.481 e. The lowest BCUT2D eigenvalue weighted by Gasteiger charge is -1.80. The van der Waals surface area contributed by atoms with Crippen LogP contribution in [0.2, 0.25) is 0 Å². The van der Waals surface area contributed by atoms with Crippen LogP contribution in [-0.2, 0) is 9.59 Å². The standard InChI is InChI=1S/C3H4O4.CH3NS2/c4-2(5)1-3(6)7;2-1(3)4/h1H2,(H,4,5)(H,6,7);(H3,2,3,4). The van der Waals surface area contributed by atoms with Gasteiger partial charge in [0.05, 0.1) is 0 Å². The Bertz CT molecular complexity index is 153. The fourth-order valence-electron chi connectivity index (χ4n) is 0.129. The highest BCUT2D eigenvalue weighted by molar-refractivity contribution is 8.10. The molecule has 0 saturated carbocycles. The number of nitrogens with two attached hydrogens (primary N) is 1. The first kappa shape index (κ1) is 12.8. The molecule has 0 fully saturated rings. The lowest BCUT2D eigenvalue weighted by atomic mass is 10.5. The molecule has 0 unspecified atom stereocenters. The molecule has 11 heavy (non-hydrogen) atoms. The number of carboxylic acids is 2. The minimum atomic E-state index is -1.31. The van der Waals surface area contributed by atoms with Crippen molar-refractivity contribution in [2.45, 2.75) is 6.42 Å². The van der Waals surface area contributed by atoms with Gasteiger partial charge in [-0.2, -0.15) is 0 Å². The van der Waals surface area contributed by atoms with Crippen molar-refractivity contribution in [3.63, 3.8) is 0 Å². The molecule has 0 radical (unpaired) electrons. The summed E-state index contributed by atoms with van der Waals surface area (Å²) in [7, 11) is 0. The van der Waals surface area contributed by atoms with Crippen LogP contribution in [0.15, 0.2) is 0 Å². The second kappa shape index (κ2) is 7.29. The lowest BCUT2D eigenvalue weighted by Crippen LogP contribution is -2.03. The van der Waals surface area contributed by atoms with E-state index in [2.05, 4.69) is 24.8 Å². The highest BCUT2D eigenvalue weighted by Crippen LogP contribution is 1.74. The van der Waals surface area contributed by atoms with Gasteiger partial charge in [0.1, 0.15) is 10.7 Å². The van der Waals surface area contributed by atoms with E-state index in [0.29, 0.717) is 0 Å². The van der Waals surface area contributed by atoms with Crippen LogP contribution in [0.25, 0.3) is 0 Å². The maximum atomic E-state index is 9.43. The van der Waals surface area contributed by atoms with Gasteiger partial charge in [-0.25, -0.2) is 0 Å². The summed E-state index contributed by atoms with van der Waals surface area (Å²) in [5.41, 5.74) is 4.71. The van der Waals surface area contributed by atoms with E-state index in [9.17, 15) is 9.59 Å². The molecule has 0 aromatic carbocycles. The molecule has 0 aromatic heterocycles. The van der Waals surface area contributed by atoms with E-state index >= 15 is 0 Å². The van der Waals surface area contributed by atoms with E-state index in [1.165, 1.54) is 0 Å². The van der Waals surface area contributed by atoms with E-state index in [0.717, 1.165) is 0 Å². The highest BCUT2D eigenvalue weighted by Gasteiger charge is 2.01. The van der Waals surface area contributed by atoms with E-state index in [-0.39, 0.29) is 4.32 Å². The van der Waals surface area contributed by atoms with Gasteiger partial charge in [-0.05, 0) is 0 Å². The van der Waals surface area contributed by atoms with Gasteiger partial charge in [-0.1, -0.05) is 12.2 Å². The smallest absolute Gasteiger partial charge is 0.314 e. The summed E-state index contributed by atoms with van der Waals surface area (Å²) in [4.78, 5) is 18.9. The van der Waals surface area contributed by atoms with Crippen molar-refractivity contribution < 1.29 is 19.8 Å². The van der Waals surface area contributed by atoms with E-state index < -0.39 is 18.4 Å². The normalized spacial score (nSPS) is 7.36. The molecule has 0 saturated heterocycles. The first-order valence-electron chi connectivity index (χ1n) is 2.28. The van der Waals surface area contributed by atoms with Crippen LogP contribution in [0, 0.1) is 0 Å². The fourth-order valence-corrected chi connectivity index (χ4v) is 0.129. The van der Waals surface area contributed by atoms with Crippen molar-refractivity contribution in [3.8, 4) is 0 Å². The SMILES string of the molecule is NC(=S)S.O=C(O)CC(=O)O. The van der Waals surface area contributed by atoms with Gasteiger partial charge in [0.15, 0.2) is 0 Å². The van der Waals surface area contributed by atoms with Gasteiger partial charge in [-0.15, -0.1) is 12.6 Å². The molecule has 0 heterocycles. The number of carbonyl (C=O) groups is 2. The van der Waals surface area contributed by atoms with E-state index in [1.807, 2.05) is 0 Å². The summed E-state index contributed by atoms with van der Waals surface area (Å²) in [6.07, 6.45) is -0.806. The maximum Gasteiger partial charge on any atom is 0.314 e. The Balaban J connectivity index is 0. The monoisotopic (exact) mass is 197 g/mol. The molecule has 0 aromatic rings. The summed E-state index contributed by atoms with van der Waals surface area (Å²) in [5, 5.41) is 15.4. The first-order valence-corrected chi connectivity index (χ1v) is 3.13. The van der Waals surface area contributed by atoms with Crippen molar-refractivity contribution in [1.29, 1.82) is 0 Å². The summed E-state index contributed by atoms with van der Waals surface area (Å²) in [5.74, 6) is -2.62. The predicted molar refractivity (Wildman–Crippen MR) is 45.7 cm³/mol. The van der Waals surface area contributed by atoms with Gasteiger partial charge in [-0.3, -0.25) is 9.59 Å². The van der Waals surface area contributed by atoms with Gasteiger partial charge in [0.25, 0.3) is 0 Å². The Morgan fingerprint density at radius 2 is 1.55 bits per heavy atom. The summed E-state index contributed by atoms with van der Waals surface area (Å²) in [6, 6.07) is 0. The van der Waals surface area contributed by atoms with Crippen molar-refractivity contribution in [2.24, 2.45) is 5.73 Å². The van der Waals surface area contributed by atoms with Crippen molar-refractivity contribution in [1.82, 2.24) is 0 Å². The molecule has 0 aliphatic carbocycles. The number of thiocarbonyl (C=S) groups is 1. The summed E-state index contributed by atoms with van der Waals surface area (Å²) < 4.78 is 0.194. The molecular formula is C4H7NO4S2. The fraction of sp³-hybridized carbons (Fsp3) is 0.250. The number of aliphatic carboxylic acids is 2. The first-order chi connectivity index (χ1) is 4.86. The molecule has 0 bridgehead atoms. The molecule has 0 aliphatic heterocycles. The average molecular weight is 197 g/mol. The number of thiol groups is 1. The minimum Gasteiger partial charge on any atom is -0.481 e. The number of carboxylic acid groups (broad SMARTS) is 2. The quantitative estimate of drug-likeness (QED) is 0.275. The zero-order valence-electron chi connectivity index (χ0n) is 5.35. The third kappa shape index (κ3) is 46.8. The van der Waals surface area contributed by atoms with Gasteiger partial charge >= 0.3 is 11.9 Å². The van der Waals surface area contributed by atoms with E-state index in [1.54, 1.807) is 0 Å². The minimum absolute atomic E-state index is 0.194. The molecular weight excluding hydrogens is 190 g/mol. The highest BCUT2D eigenvalue weighted by atomic mass is 32.1. The zero-order valence-corrected chi connectivity index (χ0v) is 7.06. The van der Waals surface area contributed by atoms with Crippen LogP contribution in [0.1, 0.15) is 6.42 Å². The average Bonchev–Trinajstić information content (AvgIpc) is 1.56. The topological polar surface area (TPSA) is 101 Å². The third-order valence-corrected chi connectivity index (χ3v) is 0.302. The van der Waals surface area contributed by atoms with Crippen molar-refractivity contribution >= 4 is 41.1 Å². The molecule has 4 N–H and O–H groups in total. The predicted octanol–water partition coefficient (Wildman–Crippen LogP) is -0.294. The van der Waals surface area contributed by atoms with Gasteiger partial charge in [0.2, 0.25) is 0 Å². The Kier molecular flexibility index (Phi) is 8.50. The van der Waals surface area contributed by atoms with Crippen LogP contribution in [-0.4, -0.2) is 26.5 Å². The molecule has 0 atom stereocenters. The third-order valence-electron chi connectivity index (χ3n) is 0.302. The van der Waals surface area contributed by atoms with Gasteiger partial charge < -0.3 is 15.9 Å². The van der Waals surface area contributed by atoms with Crippen LogP contribution in [0.4, 0.5) is 0 Å². The second-order valence-corrected chi connectivity index (χ2v) is 2.53. The molecule has 0 aliphatic rings. The molecule has 5 nitrogen and oxygen atoms in total. The summed E-state index contributed by atoms with van der Waals surface area (Å²) in [6.45, 7) is 0. The zero-order chi connectivity index (χ0) is 9.44. The molecule has 0 amide bonds. The van der Waals surface area contributed by atoms with Crippen molar-refractivity contribution in [3.05, 3.63) is 0 Å². The van der Waals surface area contributed by atoms with Crippen molar-refractivity contribution in [2.75, 3.05) is 0 Å². The Morgan fingerprint density at radius 1 is 1.36 bits per heavy atom. The molecule has 7 heteroatoms. The molecule has 0 rings (SSSR count). The van der Waals surface area contributed by atoms with Crippen LogP contribution in [0.3, 0.4) is 0 Å². The Labute approximate surface area is 73.6 Å². The molecule has 0 spiro atoms. The van der Waals surface area contributed by atoms with Crippen LogP contribution in [0.5, 0.6) is 0 Å². The Hall–Kier alpha value is -0.820. The van der Waals surface area contributed by atoms with Crippen LogP contribution >= 0.6 is 24.8 Å². The number of hydrogen-bond acceptors (Lipinski definition) is 3. The van der Waals surface area contributed by atoms with Crippen LogP contribution < -0.4 is 5.73 Å². The number of rotatable bonds is 2. The Morgan fingerprint density at radius 3 is 1.55 bits per heavy atom. The van der Waals surface area contributed by atoms with E-state index in [4.69, 9.17) is 15.9 Å². The van der Waals surface area contributed by atoms with Gasteiger partial charge in [0, 0.05) is 0 Å². The lowest BCUT2D eigenvalue weighted by molar-refractivity contribution is -0.147. The summed E-state index contributed by atoms with van der Waals surface area (Å²) >= 11 is 7.65. The molecule has 64 valence electrons.